The van der Waals surface area contributed by atoms with Crippen LogP contribution in [0.15, 0.2) is 31.0 Å². The number of hydrogen-bond donors (Lipinski definition) is 1. The molecule has 0 fully saturated rings. The van der Waals surface area contributed by atoms with Gasteiger partial charge in [-0.15, -0.1) is 0 Å². The number of hydrogen-bond acceptors (Lipinski definition) is 5. The molecule has 3 aromatic heterocycles. The van der Waals surface area contributed by atoms with Gasteiger partial charge in [0, 0.05) is 30.1 Å². The summed E-state index contributed by atoms with van der Waals surface area (Å²) in [4.78, 5) is 20.7. The van der Waals surface area contributed by atoms with Crippen molar-refractivity contribution in [1.82, 2.24) is 34.8 Å². The molecule has 0 aliphatic carbocycles. The van der Waals surface area contributed by atoms with Crippen molar-refractivity contribution >= 4 is 5.91 Å². The molecule has 0 saturated carbocycles. The van der Waals surface area contributed by atoms with E-state index in [9.17, 15) is 4.79 Å². The van der Waals surface area contributed by atoms with Crippen molar-refractivity contribution in [3.05, 3.63) is 53.5 Å². The highest BCUT2D eigenvalue weighted by atomic mass is 16.1. The molecule has 0 bridgehead atoms. The summed E-state index contributed by atoms with van der Waals surface area (Å²) < 4.78 is 3.33. The molecule has 0 saturated heterocycles. The largest absolute Gasteiger partial charge is 0.345 e. The smallest absolute Gasteiger partial charge is 0.251 e. The first-order valence-electron chi connectivity index (χ1n) is 7.59. The van der Waals surface area contributed by atoms with E-state index in [4.69, 9.17) is 0 Å². The van der Waals surface area contributed by atoms with Crippen LogP contribution in [0.25, 0.3) is 5.82 Å². The molecule has 124 valence electrons. The second-order valence-corrected chi connectivity index (χ2v) is 5.65. The summed E-state index contributed by atoms with van der Waals surface area (Å²) in [5.74, 6) is 0.371. The summed E-state index contributed by atoms with van der Waals surface area (Å²) in [5.41, 5.74) is 3.51. The molecule has 8 nitrogen and oxygen atoms in total. The van der Waals surface area contributed by atoms with Crippen molar-refractivity contribution in [3.63, 3.8) is 0 Å². The van der Waals surface area contributed by atoms with E-state index in [0.717, 1.165) is 17.0 Å². The molecule has 1 amide bonds. The minimum Gasteiger partial charge on any atom is -0.345 e. The standard InChI is InChI=1S/C16H19N7O/c1-10(15-11(2)21-22(4)12(15)3)20-16(24)13-5-6-18-14(7-13)23-9-17-8-19-23/h5-10H,1-4H3,(H,20,24). The molecule has 3 rings (SSSR count). The summed E-state index contributed by atoms with van der Waals surface area (Å²) >= 11 is 0. The maximum atomic E-state index is 12.6. The second kappa shape index (κ2) is 6.23. The van der Waals surface area contributed by atoms with E-state index in [1.165, 1.54) is 17.3 Å². The number of nitrogens with zero attached hydrogens (tertiary/aromatic N) is 6. The highest BCUT2D eigenvalue weighted by molar-refractivity contribution is 5.94. The summed E-state index contributed by atoms with van der Waals surface area (Å²) in [7, 11) is 1.90. The van der Waals surface area contributed by atoms with Crippen molar-refractivity contribution < 1.29 is 4.79 Å². The van der Waals surface area contributed by atoms with Crippen molar-refractivity contribution in [2.24, 2.45) is 7.05 Å². The van der Waals surface area contributed by atoms with Gasteiger partial charge in [0.1, 0.15) is 12.7 Å². The number of aryl methyl sites for hydroxylation is 2. The summed E-state index contributed by atoms with van der Waals surface area (Å²) in [5, 5.41) is 11.4. The van der Waals surface area contributed by atoms with E-state index in [2.05, 4.69) is 25.5 Å². The van der Waals surface area contributed by atoms with E-state index < -0.39 is 0 Å². The maximum Gasteiger partial charge on any atom is 0.251 e. The fourth-order valence-electron chi connectivity index (χ4n) is 2.78. The molecule has 0 aromatic carbocycles. The third-order valence-electron chi connectivity index (χ3n) is 4.01. The Balaban J connectivity index is 1.81. The Hall–Kier alpha value is -3.03. The van der Waals surface area contributed by atoms with E-state index >= 15 is 0 Å². The van der Waals surface area contributed by atoms with Gasteiger partial charge < -0.3 is 5.32 Å². The fraction of sp³-hybridized carbons (Fsp3) is 0.312. The van der Waals surface area contributed by atoms with Gasteiger partial charge in [0.15, 0.2) is 5.82 Å². The van der Waals surface area contributed by atoms with Crippen LogP contribution in [0.1, 0.15) is 40.3 Å². The Morgan fingerprint density at radius 2 is 2.12 bits per heavy atom. The van der Waals surface area contributed by atoms with Gasteiger partial charge in [-0.1, -0.05) is 0 Å². The van der Waals surface area contributed by atoms with Crippen LogP contribution in [0.2, 0.25) is 0 Å². The summed E-state index contributed by atoms with van der Waals surface area (Å²) in [6.45, 7) is 5.89. The highest BCUT2D eigenvalue weighted by Gasteiger charge is 2.19. The van der Waals surface area contributed by atoms with Gasteiger partial charge in [0.2, 0.25) is 0 Å². The molecule has 3 aromatic rings. The second-order valence-electron chi connectivity index (χ2n) is 5.65. The number of amides is 1. The van der Waals surface area contributed by atoms with Crippen molar-refractivity contribution in [2.45, 2.75) is 26.8 Å². The summed E-state index contributed by atoms with van der Waals surface area (Å²) in [6.07, 6.45) is 4.54. The predicted octanol–water partition coefficient (Wildman–Crippen LogP) is 1.50. The SMILES string of the molecule is Cc1nn(C)c(C)c1C(C)NC(=O)c1ccnc(-n2cncn2)c1. The average molecular weight is 325 g/mol. The quantitative estimate of drug-likeness (QED) is 0.785. The van der Waals surface area contributed by atoms with Gasteiger partial charge in [0.25, 0.3) is 5.91 Å². The molecule has 0 aliphatic heterocycles. The zero-order valence-corrected chi connectivity index (χ0v) is 14.1. The monoisotopic (exact) mass is 325 g/mol. The third kappa shape index (κ3) is 2.90. The lowest BCUT2D eigenvalue weighted by atomic mass is 10.1. The van der Waals surface area contributed by atoms with Gasteiger partial charge >= 0.3 is 0 Å². The van der Waals surface area contributed by atoms with Crippen molar-refractivity contribution in [3.8, 4) is 5.82 Å². The predicted molar refractivity (Wildman–Crippen MR) is 87.7 cm³/mol. The molecule has 8 heteroatoms. The Kier molecular flexibility index (Phi) is 4.11. The third-order valence-corrected chi connectivity index (χ3v) is 4.01. The molecule has 1 atom stereocenters. The Morgan fingerprint density at radius 3 is 2.75 bits per heavy atom. The Bertz CT molecular complexity index is 867. The minimum atomic E-state index is -0.172. The molecule has 0 radical (unpaired) electrons. The number of carbonyl (C=O) groups is 1. The topological polar surface area (TPSA) is 90.5 Å². The van der Waals surface area contributed by atoms with Crippen LogP contribution in [-0.4, -0.2) is 35.4 Å². The van der Waals surface area contributed by atoms with Gasteiger partial charge in [-0.25, -0.2) is 14.6 Å². The lowest BCUT2D eigenvalue weighted by Gasteiger charge is -2.15. The number of nitrogens with one attached hydrogen (secondary N) is 1. The van der Waals surface area contributed by atoms with Crippen molar-refractivity contribution in [2.75, 3.05) is 0 Å². The van der Waals surface area contributed by atoms with E-state index in [-0.39, 0.29) is 11.9 Å². The first kappa shape index (κ1) is 15.9. The zero-order chi connectivity index (χ0) is 17.3. The van der Waals surface area contributed by atoms with E-state index in [0.29, 0.717) is 11.4 Å². The van der Waals surface area contributed by atoms with Crippen LogP contribution in [0.4, 0.5) is 0 Å². The summed E-state index contributed by atoms with van der Waals surface area (Å²) in [6, 6.07) is 3.21. The number of rotatable bonds is 4. The van der Waals surface area contributed by atoms with E-state index in [1.807, 2.05) is 32.5 Å². The number of carbonyl (C=O) groups excluding carboxylic acids is 1. The fourth-order valence-corrected chi connectivity index (χ4v) is 2.78. The van der Waals surface area contributed by atoms with Crippen LogP contribution in [-0.2, 0) is 7.05 Å². The Labute approximate surface area is 139 Å². The first-order valence-corrected chi connectivity index (χ1v) is 7.59. The van der Waals surface area contributed by atoms with Gasteiger partial charge in [-0.3, -0.25) is 9.48 Å². The van der Waals surface area contributed by atoms with Crippen LogP contribution in [0.3, 0.4) is 0 Å². The Morgan fingerprint density at radius 1 is 1.33 bits per heavy atom. The molecule has 0 aliphatic rings. The first-order chi connectivity index (χ1) is 11.5. The normalized spacial score (nSPS) is 12.2. The molecular weight excluding hydrogens is 306 g/mol. The minimum absolute atomic E-state index is 0.144. The number of aromatic nitrogens is 6. The molecule has 0 spiro atoms. The van der Waals surface area contributed by atoms with Crippen LogP contribution < -0.4 is 5.32 Å². The molecule has 1 unspecified atom stereocenters. The lowest BCUT2D eigenvalue weighted by Crippen LogP contribution is -2.27. The van der Waals surface area contributed by atoms with Gasteiger partial charge in [-0.05, 0) is 32.9 Å². The lowest BCUT2D eigenvalue weighted by molar-refractivity contribution is 0.0939. The van der Waals surface area contributed by atoms with Gasteiger partial charge in [-0.2, -0.15) is 10.2 Å². The van der Waals surface area contributed by atoms with Gasteiger partial charge in [0.05, 0.1) is 11.7 Å². The maximum absolute atomic E-state index is 12.6. The van der Waals surface area contributed by atoms with Crippen molar-refractivity contribution in [1.29, 1.82) is 0 Å². The van der Waals surface area contributed by atoms with Crippen LogP contribution in [0, 0.1) is 13.8 Å². The highest BCUT2D eigenvalue weighted by Crippen LogP contribution is 2.21. The van der Waals surface area contributed by atoms with Crippen LogP contribution in [0.5, 0.6) is 0 Å². The van der Waals surface area contributed by atoms with Crippen LogP contribution >= 0.6 is 0 Å². The average Bonchev–Trinajstić information content (AvgIpc) is 3.16. The molecular formula is C16H19N7O. The van der Waals surface area contributed by atoms with E-state index in [1.54, 1.807) is 18.3 Å². The molecule has 24 heavy (non-hydrogen) atoms. The zero-order valence-electron chi connectivity index (χ0n) is 14.1. The number of pyridine rings is 1. The molecule has 1 N–H and O–H groups in total. The molecule has 3 heterocycles.